The third-order valence-electron chi connectivity index (χ3n) is 3.06. The minimum atomic E-state index is -0.0280. The summed E-state index contributed by atoms with van der Waals surface area (Å²) in [5.41, 5.74) is 6.36. The predicted octanol–water partition coefficient (Wildman–Crippen LogP) is 2.11. The highest BCUT2D eigenvalue weighted by molar-refractivity contribution is 6.32. The summed E-state index contributed by atoms with van der Waals surface area (Å²) in [6, 6.07) is 4.74. The highest BCUT2D eigenvalue weighted by atomic mass is 35.5. The summed E-state index contributed by atoms with van der Waals surface area (Å²) in [4.78, 5) is 11.9. The van der Waals surface area contributed by atoms with Gasteiger partial charge in [-0.25, -0.2) is 0 Å². The molecular formula is C12H15ClN2O2. The van der Waals surface area contributed by atoms with Crippen molar-refractivity contribution >= 4 is 23.2 Å². The maximum atomic E-state index is 11.9. The number of phenols is 1. The third kappa shape index (κ3) is 2.90. The first-order valence-electron chi connectivity index (χ1n) is 5.61. The molecule has 0 bridgehead atoms. The number of hydrogen-bond acceptors (Lipinski definition) is 3. The number of nitrogens with one attached hydrogen (secondary N) is 1. The smallest absolute Gasteiger partial charge is 0.227 e. The number of halogens is 1. The van der Waals surface area contributed by atoms with Gasteiger partial charge in [-0.15, -0.1) is 0 Å². The Morgan fingerprint density at radius 3 is 2.82 bits per heavy atom. The number of benzene rings is 1. The van der Waals surface area contributed by atoms with Gasteiger partial charge in [0.05, 0.1) is 5.02 Å². The van der Waals surface area contributed by atoms with Crippen molar-refractivity contribution in [3.05, 3.63) is 23.2 Å². The lowest BCUT2D eigenvalue weighted by Crippen LogP contribution is -2.23. The molecule has 2 rings (SSSR count). The number of rotatable bonds is 2. The van der Waals surface area contributed by atoms with Gasteiger partial charge in [0.2, 0.25) is 5.91 Å². The van der Waals surface area contributed by atoms with Crippen molar-refractivity contribution in [2.45, 2.75) is 25.3 Å². The first-order chi connectivity index (χ1) is 8.06. The topological polar surface area (TPSA) is 75.4 Å². The number of nitrogens with two attached hydrogens (primary N) is 1. The highest BCUT2D eigenvalue weighted by Crippen LogP contribution is 2.28. The van der Waals surface area contributed by atoms with Gasteiger partial charge in [0, 0.05) is 17.6 Å². The number of phenolic OH excluding ortho intramolecular Hbond substituents is 1. The van der Waals surface area contributed by atoms with Crippen LogP contribution in [-0.2, 0) is 4.79 Å². The number of aromatic hydroxyl groups is 1. The largest absolute Gasteiger partial charge is 0.506 e. The molecule has 0 heterocycles. The van der Waals surface area contributed by atoms with Crippen LogP contribution in [0.15, 0.2) is 18.2 Å². The summed E-state index contributed by atoms with van der Waals surface area (Å²) in [5, 5.41) is 12.3. The molecule has 2 unspecified atom stereocenters. The zero-order valence-corrected chi connectivity index (χ0v) is 10.1. The van der Waals surface area contributed by atoms with Crippen LogP contribution in [0, 0.1) is 5.92 Å². The lowest BCUT2D eigenvalue weighted by atomic mass is 10.1. The van der Waals surface area contributed by atoms with Gasteiger partial charge in [-0.2, -0.15) is 0 Å². The van der Waals surface area contributed by atoms with Crippen molar-refractivity contribution in [3.63, 3.8) is 0 Å². The van der Waals surface area contributed by atoms with Crippen molar-refractivity contribution < 1.29 is 9.90 Å². The van der Waals surface area contributed by atoms with E-state index in [1.165, 1.54) is 12.1 Å². The summed E-state index contributed by atoms with van der Waals surface area (Å²) >= 11 is 5.76. The van der Waals surface area contributed by atoms with Gasteiger partial charge < -0.3 is 16.2 Å². The minimum Gasteiger partial charge on any atom is -0.506 e. The Labute approximate surface area is 105 Å². The van der Waals surface area contributed by atoms with Crippen LogP contribution in [0.1, 0.15) is 19.3 Å². The first kappa shape index (κ1) is 12.2. The van der Waals surface area contributed by atoms with Crippen LogP contribution in [0.5, 0.6) is 5.75 Å². The Kier molecular flexibility index (Phi) is 3.54. The second-order valence-corrected chi connectivity index (χ2v) is 4.83. The van der Waals surface area contributed by atoms with Crippen molar-refractivity contribution in [1.29, 1.82) is 0 Å². The lowest BCUT2D eigenvalue weighted by Gasteiger charge is -2.11. The fraction of sp³-hybridized carbons (Fsp3) is 0.417. The average Bonchev–Trinajstić information content (AvgIpc) is 2.70. The predicted molar refractivity (Wildman–Crippen MR) is 67.1 cm³/mol. The van der Waals surface area contributed by atoms with E-state index in [1.807, 2.05) is 0 Å². The Morgan fingerprint density at radius 2 is 2.24 bits per heavy atom. The Morgan fingerprint density at radius 1 is 1.47 bits per heavy atom. The van der Waals surface area contributed by atoms with Gasteiger partial charge in [0.1, 0.15) is 5.75 Å². The lowest BCUT2D eigenvalue weighted by molar-refractivity contribution is -0.119. The van der Waals surface area contributed by atoms with E-state index in [2.05, 4.69) is 5.32 Å². The minimum absolute atomic E-state index is 0.00699. The molecule has 2 atom stereocenters. The molecule has 0 aliphatic heterocycles. The molecule has 1 aliphatic carbocycles. The monoisotopic (exact) mass is 254 g/mol. The zero-order valence-electron chi connectivity index (χ0n) is 9.32. The normalized spacial score (nSPS) is 23.6. The molecule has 1 aromatic carbocycles. The van der Waals surface area contributed by atoms with Crippen molar-refractivity contribution in [1.82, 2.24) is 0 Å². The second-order valence-electron chi connectivity index (χ2n) is 4.43. The van der Waals surface area contributed by atoms with E-state index < -0.39 is 0 Å². The van der Waals surface area contributed by atoms with Crippen LogP contribution < -0.4 is 11.1 Å². The fourth-order valence-electron chi connectivity index (χ4n) is 2.08. The molecular weight excluding hydrogens is 240 g/mol. The van der Waals surface area contributed by atoms with Crippen LogP contribution >= 0.6 is 11.6 Å². The van der Waals surface area contributed by atoms with Crippen LogP contribution in [0.3, 0.4) is 0 Å². The van der Waals surface area contributed by atoms with Crippen molar-refractivity contribution in [2.24, 2.45) is 11.7 Å². The fourth-order valence-corrected chi connectivity index (χ4v) is 2.26. The molecule has 17 heavy (non-hydrogen) atoms. The molecule has 0 spiro atoms. The van der Waals surface area contributed by atoms with Crippen molar-refractivity contribution in [2.75, 3.05) is 5.32 Å². The van der Waals surface area contributed by atoms with Crippen LogP contribution in [0.4, 0.5) is 5.69 Å². The average molecular weight is 255 g/mol. The molecule has 1 saturated carbocycles. The second kappa shape index (κ2) is 4.94. The van der Waals surface area contributed by atoms with Gasteiger partial charge in [0.25, 0.3) is 0 Å². The van der Waals surface area contributed by atoms with E-state index in [0.29, 0.717) is 5.69 Å². The van der Waals surface area contributed by atoms with Gasteiger partial charge in [-0.05, 0) is 37.5 Å². The Bertz CT molecular complexity index is 437. The van der Waals surface area contributed by atoms with E-state index in [-0.39, 0.29) is 28.6 Å². The summed E-state index contributed by atoms with van der Waals surface area (Å²) < 4.78 is 0. The summed E-state index contributed by atoms with van der Waals surface area (Å²) in [7, 11) is 0. The van der Waals surface area contributed by atoms with Gasteiger partial charge in [-0.3, -0.25) is 4.79 Å². The number of amides is 1. The number of hydrogen-bond donors (Lipinski definition) is 3. The van der Waals surface area contributed by atoms with E-state index in [9.17, 15) is 9.90 Å². The molecule has 1 aromatic rings. The molecule has 5 heteroatoms. The van der Waals surface area contributed by atoms with Gasteiger partial charge in [-0.1, -0.05) is 11.6 Å². The van der Waals surface area contributed by atoms with E-state index in [0.717, 1.165) is 19.3 Å². The summed E-state index contributed by atoms with van der Waals surface area (Å²) in [6.45, 7) is 0. The zero-order chi connectivity index (χ0) is 12.4. The SMILES string of the molecule is NC1CCC(C(=O)Nc2ccc(O)c(Cl)c2)C1. The molecule has 0 radical (unpaired) electrons. The summed E-state index contributed by atoms with van der Waals surface area (Å²) in [5.74, 6) is -0.0372. The van der Waals surface area contributed by atoms with Crippen LogP contribution in [-0.4, -0.2) is 17.1 Å². The molecule has 0 aromatic heterocycles. The van der Waals surface area contributed by atoms with Crippen molar-refractivity contribution in [3.8, 4) is 5.75 Å². The molecule has 0 saturated heterocycles. The molecule has 4 N–H and O–H groups in total. The number of carbonyl (C=O) groups is 1. The van der Waals surface area contributed by atoms with Crippen LogP contribution in [0.2, 0.25) is 5.02 Å². The Hall–Kier alpha value is -1.26. The molecule has 1 aliphatic rings. The number of anilines is 1. The van der Waals surface area contributed by atoms with Gasteiger partial charge in [0.15, 0.2) is 0 Å². The first-order valence-corrected chi connectivity index (χ1v) is 5.99. The highest BCUT2D eigenvalue weighted by Gasteiger charge is 2.27. The van der Waals surface area contributed by atoms with Gasteiger partial charge >= 0.3 is 0 Å². The Balaban J connectivity index is 2.00. The quantitative estimate of drug-likeness (QED) is 0.708. The molecule has 1 amide bonds. The van der Waals surface area contributed by atoms with Crippen LogP contribution in [0.25, 0.3) is 0 Å². The molecule has 92 valence electrons. The number of carbonyl (C=O) groups excluding carboxylic acids is 1. The third-order valence-corrected chi connectivity index (χ3v) is 3.36. The molecule has 4 nitrogen and oxygen atoms in total. The standard InChI is InChI=1S/C12H15ClN2O2/c13-10-6-9(3-4-11(10)16)15-12(17)7-1-2-8(14)5-7/h3-4,6-8,16H,1-2,5,14H2,(H,15,17). The maximum absolute atomic E-state index is 11.9. The molecule has 1 fully saturated rings. The van der Waals surface area contributed by atoms with E-state index >= 15 is 0 Å². The maximum Gasteiger partial charge on any atom is 0.227 e. The summed E-state index contributed by atoms with van der Waals surface area (Å²) in [6.07, 6.45) is 2.46. The van der Waals surface area contributed by atoms with E-state index in [4.69, 9.17) is 17.3 Å². The van der Waals surface area contributed by atoms with E-state index in [1.54, 1.807) is 6.07 Å².